The molecule has 1 atom stereocenters. The predicted octanol–water partition coefficient (Wildman–Crippen LogP) is 0.533. The zero-order valence-electron chi connectivity index (χ0n) is 14.5. The van der Waals surface area contributed by atoms with Crippen LogP contribution in [0.25, 0.3) is 11.2 Å². The minimum absolute atomic E-state index is 0.249. The largest absolute Gasteiger partial charge is 0.496 e. The lowest BCUT2D eigenvalue weighted by Crippen LogP contribution is -2.24. The summed E-state index contributed by atoms with van der Waals surface area (Å²) in [6, 6.07) is 7.82. The first-order valence-corrected chi connectivity index (χ1v) is 8.51. The van der Waals surface area contributed by atoms with Gasteiger partial charge >= 0.3 is 5.69 Å². The molecule has 5 N–H and O–H groups in total. The topological polar surface area (TPSA) is 123 Å². The highest BCUT2D eigenvalue weighted by Gasteiger charge is 2.19. The molecule has 136 valence electrons. The number of methoxy groups -OCH3 is 1. The Morgan fingerprint density at radius 1 is 1.38 bits per heavy atom. The number of benzene rings is 1. The van der Waals surface area contributed by atoms with Crippen LogP contribution in [-0.2, 0) is 6.54 Å². The average molecular weight is 355 g/mol. The Hall–Kier alpha value is -3.07. The Balaban J connectivity index is 1.75. The number of anilines is 2. The summed E-state index contributed by atoms with van der Waals surface area (Å²) in [5, 5.41) is 6.56. The first-order valence-electron chi connectivity index (χ1n) is 8.51. The Bertz CT molecular complexity index is 988. The second-order valence-electron chi connectivity index (χ2n) is 6.29. The molecule has 0 amide bonds. The highest BCUT2D eigenvalue weighted by Crippen LogP contribution is 2.22. The molecule has 0 bridgehead atoms. The molecule has 0 aliphatic carbocycles. The molecule has 26 heavy (non-hydrogen) atoms. The molecule has 0 saturated carbocycles. The van der Waals surface area contributed by atoms with Crippen LogP contribution in [-0.4, -0.2) is 45.8 Å². The molecule has 1 aromatic carbocycles. The molecule has 9 nitrogen and oxygen atoms in total. The normalized spacial score (nSPS) is 16.9. The maximum atomic E-state index is 12.5. The summed E-state index contributed by atoms with van der Waals surface area (Å²) in [4.78, 5) is 24.0. The first-order chi connectivity index (χ1) is 12.7. The van der Waals surface area contributed by atoms with Crippen LogP contribution < -0.4 is 26.8 Å². The van der Waals surface area contributed by atoms with Gasteiger partial charge in [0.25, 0.3) is 0 Å². The van der Waals surface area contributed by atoms with Crippen LogP contribution in [0.5, 0.6) is 5.75 Å². The third-order valence-electron chi connectivity index (χ3n) is 4.57. The van der Waals surface area contributed by atoms with Gasteiger partial charge in [0, 0.05) is 18.2 Å². The van der Waals surface area contributed by atoms with Crippen molar-refractivity contribution in [2.45, 2.75) is 19.0 Å². The van der Waals surface area contributed by atoms with Crippen LogP contribution in [0, 0.1) is 0 Å². The molecular weight excluding hydrogens is 334 g/mol. The second-order valence-corrected chi connectivity index (χ2v) is 6.29. The highest BCUT2D eigenvalue weighted by atomic mass is 16.5. The number of para-hydroxylation sites is 1. The number of nitrogens with one attached hydrogen (secondary N) is 3. The molecule has 4 rings (SSSR count). The Morgan fingerprint density at radius 2 is 2.23 bits per heavy atom. The number of hydrogen-bond donors (Lipinski definition) is 4. The summed E-state index contributed by atoms with van der Waals surface area (Å²) < 4.78 is 6.92. The van der Waals surface area contributed by atoms with E-state index in [4.69, 9.17) is 10.5 Å². The number of nitrogen functional groups attached to an aromatic ring is 1. The van der Waals surface area contributed by atoms with Gasteiger partial charge in [0.2, 0.25) is 5.95 Å². The molecule has 0 radical (unpaired) electrons. The van der Waals surface area contributed by atoms with Crippen molar-refractivity contribution in [1.29, 1.82) is 0 Å². The smallest absolute Gasteiger partial charge is 0.328 e. The quantitative estimate of drug-likeness (QED) is 0.526. The van der Waals surface area contributed by atoms with Gasteiger partial charge in [-0.15, -0.1) is 0 Å². The molecule has 0 spiro atoms. The first kappa shape index (κ1) is 16.4. The van der Waals surface area contributed by atoms with E-state index < -0.39 is 0 Å². The number of fused-ring (bicyclic) bond motifs is 1. The fraction of sp³-hybridized carbons (Fsp3) is 0.353. The lowest BCUT2D eigenvalue weighted by molar-refractivity contribution is 0.408. The third-order valence-corrected chi connectivity index (χ3v) is 4.57. The summed E-state index contributed by atoms with van der Waals surface area (Å²) in [6.07, 6.45) is 0.989. The van der Waals surface area contributed by atoms with E-state index in [9.17, 15) is 4.79 Å². The summed E-state index contributed by atoms with van der Waals surface area (Å²) in [5.74, 6) is 1.39. The lowest BCUT2D eigenvalue weighted by Gasteiger charge is -2.12. The van der Waals surface area contributed by atoms with E-state index >= 15 is 0 Å². The zero-order chi connectivity index (χ0) is 18.1. The van der Waals surface area contributed by atoms with E-state index in [1.165, 1.54) is 0 Å². The average Bonchev–Trinajstić information content (AvgIpc) is 3.25. The van der Waals surface area contributed by atoms with Crippen molar-refractivity contribution in [1.82, 2.24) is 24.8 Å². The van der Waals surface area contributed by atoms with Crippen LogP contribution in [0.4, 0.5) is 11.8 Å². The van der Waals surface area contributed by atoms with E-state index in [1.807, 2.05) is 24.3 Å². The molecule has 1 fully saturated rings. The van der Waals surface area contributed by atoms with Crippen LogP contribution in [0.2, 0.25) is 0 Å². The molecule has 3 aromatic rings. The van der Waals surface area contributed by atoms with Gasteiger partial charge in [-0.2, -0.15) is 9.97 Å². The van der Waals surface area contributed by atoms with Gasteiger partial charge in [0.05, 0.1) is 13.7 Å². The van der Waals surface area contributed by atoms with Gasteiger partial charge < -0.3 is 26.1 Å². The summed E-state index contributed by atoms with van der Waals surface area (Å²) >= 11 is 0. The van der Waals surface area contributed by atoms with Crippen LogP contribution >= 0.6 is 0 Å². The van der Waals surface area contributed by atoms with Gasteiger partial charge in [-0.05, 0) is 19.0 Å². The second kappa shape index (κ2) is 6.68. The fourth-order valence-corrected chi connectivity index (χ4v) is 3.23. The maximum Gasteiger partial charge on any atom is 0.328 e. The standard InChI is InChI=1S/C17H21N7O2/c1-26-12-5-3-2-4-10(12)9-24-15-13(21-17(24)25)14(18)22-16(23-15)20-11-6-7-19-8-11/h2-5,11,19H,6-9H2,1H3,(H,21,25)(H3,18,20,22,23)/t11-/m0/s1. The van der Waals surface area contributed by atoms with Gasteiger partial charge in [-0.25, -0.2) is 4.79 Å². The number of rotatable bonds is 5. The number of aromatic nitrogens is 4. The van der Waals surface area contributed by atoms with E-state index in [1.54, 1.807) is 11.7 Å². The number of aromatic amines is 1. The molecule has 1 aliphatic heterocycles. The van der Waals surface area contributed by atoms with Crippen molar-refractivity contribution in [2.24, 2.45) is 0 Å². The fourth-order valence-electron chi connectivity index (χ4n) is 3.23. The lowest BCUT2D eigenvalue weighted by atomic mass is 10.2. The number of hydrogen-bond acceptors (Lipinski definition) is 7. The number of imidazole rings is 1. The molecular formula is C17H21N7O2. The molecule has 0 unspecified atom stereocenters. The molecule has 1 aliphatic rings. The maximum absolute atomic E-state index is 12.5. The van der Waals surface area contributed by atoms with Gasteiger partial charge in [0.1, 0.15) is 11.3 Å². The van der Waals surface area contributed by atoms with E-state index in [2.05, 4.69) is 25.6 Å². The number of nitrogens with two attached hydrogens (primary N) is 1. The summed E-state index contributed by atoms with van der Waals surface area (Å²) in [5.41, 5.74) is 7.56. The Labute approximate surface area is 149 Å². The summed E-state index contributed by atoms with van der Waals surface area (Å²) in [6.45, 7) is 2.13. The van der Waals surface area contributed by atoms with Crippen LogP contribution in [0.1, 0.15) is 12.0 Å². The van der Waals surface area contributed by atoms with E-state index in [0.717, 1.165) is 25.1 Å². The van der Waals surface area contributed by atoms with Gasteiger partial charge in [0.15, 0.2) is 11.5 Å². The van der Waals surface area contributed by atoms with Crippen molar-refractivity contribution < 1.29 is 4.74 Å². The molecule has 9 heteroatoms. The SMILES string of the molecule is COc1ccccc1Cn1c(=O)[nH]c2c(N)nc(N[C@H]3CCNC3)nc21. The van der Waals surface area contributed by atoms with Gasteiger partial charge in [-0.3, -0.25) is 4.57 Å². The van der Waals surface area contributed by atoms with E-state index in [0.29, 0.717) is 29.4 Å². The van der Waals surface area contributed by atoms with Crippen molar-refractivity contribution in [3.63, 3.8) is 0 Å². The minimum Gasteiger partial charge on any atom is -0.496 e. The van der Waals surface area contributed by atoms with Gasteiger partial charge in [-0.1, -0.05) is 18.2 Å². The zero-order valence-corrected chi connectivity index (χ0v) is 14.5. The van der Waals surface area contributed by atoms with E-state index in [-0.39, 0.29) is 17.5 Å². The predicted molar refractivity (Wildman–Crippen MR) is 99.6 cm³/mol. The molecule has 2 aromatic heterocycles. The highest BCUT2D eigenvalue weighted by molar-refractivity contribution is 5.83. The number of ether oxygens (including phenoxy) is 1. The third kappa shape index (κ3) is 2.97. The molecule has 1 saturated heterocycles. The van der Waals surface area contributed by atoms with Crippen molar-refractivity contribution in [2.75, 3.05) is 31.2 Å². The Morgan fingerprint density at radius 3 is 3.00 bits per heavy atom. The van der Waals surface area contributed by atoms with Crippen LogP contribution in [0.15, 0.2) is 29.1 Å². The minimum atomic E-state index is -0.286. The number of nitrogens with zero attached hydrogens (tertiary/aromatic N) is 3. The van der Waals surface area contributed by atoms with Crippen molar-refractivity contribution >= 4 is 22.9 Å². The Kier molecular flexibility index (Phi) is 4.21. The molecule has 3 heterocycles. The van der Waals surface area contributed by atoms with Crippen molar-refractivity contribution in [3.8, 4) is 5.75 Å². The monoisotopic (exact) mass is 355 g/mol. The van der Waals surface area contributed by atoms with Crippen LogP contribution in [0.3, 0.4) is 0 Å². The number of H-pyrrole nitrogens is 1. The summed E-state index contributed by atoms with van der Waals surface area (Å²) in [7, 11) is 1.61. The van der Waals surface area contributed by atoms with Crippen molar-refractivity contribution in [3.05, 3.63) is 40.3 Å².